The Morgan fingerprint density at radius 1 is 1.62 bits per heavy atom. The van der Waals surface area contributed by atoms with Crippen molar-refractivity contribution < 1.29 is 14.3 Å². The summed E-state index contributed by atoms with van der Waals surface area (Å²) < 4.78 is 11.5. The van der Waals surface area contributed by atoms with Crippen molar-refractivity contribution in [2.75, 3.05) is 18.2 Å². The van der Waals surface area contributed by atoms with Crippen molar-refractivity contribution >= 4 is 27.8 Å². The lowest BCUT2D eigenvalue weighted by Gasteiger charge is -2.29. The van der Waals surface area contributed by atoms with E-state index < -0.39 is 11.7 Å². The van der Waals surface area contributed by atoms with E-state index in [0.717, 1.165) is 12.8 Å². The molecule has 130 valence electrons. The first-order chi connectivity index (χ1) is 11.3. The number of rotatable bonds is 4. The van der Waals surface area contributed by atoms with Gasteiger partial charge in [0.2, 0.25) is 5.82 Å². The van der Waals surface area contributed by atoms with Crippen LogP contribution in [0.3, 0.4) is 0 Å². The van der Waals surface area contributed by atoms with Crippen molar-refractivity contribution in [2.24, 2.45) is 0 Å². The van der Waals surface area contributed by atoms with Crippen LogP contribution >= 0.6 is 15.9 Å². The molecule has 1 aromatic rings. The SMILES string of the molecule is CC(C)(C)OC(=O)NN(CC1CCCO1)c1nc(C#N)ncc1Br. The van der Waals surface area contributed by atoms with Crippen LogP contribution in [0.4, 0.5) is 10.6 Å². The lowest BCUT2D eigenvalue weighted by atomic mass is 10.2. The monoisotopic (exact) mass is 397 g/mol. The van der Waals surface area contributed by atoms with E-state index in [1.807, 2.05) is 6.07 Å². The van der Waals surface area contributed by atoms with Crippen LogP contribution in [0, 0.1) is 11.3 Å². The van der Waals surface area contributed by atoms with Crippen molar-refractivity contribution in [2.45, 2.75) is 45.3 Å². The topological polar surface area (TPSA) is 100 Å². The van der Waals surface area contributed by atoms with Gasteiger partial charge < -0.3 is 9.47 Å². The van der Waals surface area contributed by atoms with Gasteiger partial charge in [-0.25, -0.2) is 15.2 Å². The zero-order valence-corrected chi connectivity index (χ0v) is 15.5. The summed E-state index contributed by atoms with van der Waals surface area (Å²) in [6.45, 7) is 6.43. The van der Waals surface area contributed by atoms with Crippen LogP contribution in [0.15, 0.2) is 10.7 Å². The molecule has 2 rings (SSSR count). The second-order valence-corrected chi connectivity index (χ2v) is 7.19. The fourth-order valence-corrected chi connectivity index (χ4v) is 2.59. The number of hydrazine groups is 1. The molecular weight excluding hydrogens is 378 g/mol. The minimum absolute atomic E-state index is 0.0107. The van der Waals surface area contributed by atoms with Crippen LogP contribution in [0.2, 0.25) is 0 Å². The first-order valence-electron chi connectivity index (χ1n) is 7.60. The van der Waals surface area contributed by atoms with E-state index in [4.69, 9.17) is 14.7 Å². The smallest absolute Gasteiger partial charge is 0.426 e. The Balaban J connectivity index is 2.22. The number of aromatic nitrogens is 2. The number of nitriles is 1. The van der Waals surface area contributed by atoms with Crippen LogP contribution in [0.1, 0.15) is 39.4 Å². The average molecular weight is 398 g/mol. The number of carbonyl (C=O) groups excluding carboxylic acids is 1. The summed E-state index contributed by atoms with van der Waals surface area (Å²) >= 11 is 3.35. The van der Waals surface area contributed by atoms with Gasteiger partial charge in [0.05, 0.1) is 17.1 Å². The molecule has 9 heteroatoms. The molecule has 24 heavy (non-hydrogen) atoms. The minimum Gasteiger partial charge on any atom is -0.443 e. The Labute approximate surface area is 149 Å². The lowest BCUT2D eigenvalue weighted by Crippen LogP contribution is -2.48. The van der Waals surface area contributed by atoms with E-state index in [0.29, 0.717) is 23.4 Å². The van der Waals surface area contributed by atoms with Gasteiger partial charge in [-0.3, -0.25) is 5.01 Å². The maximum Gasteiger partial charge on any atom is 0.426 e. The zero-order chi connectivity index (χ0) is 17.7. The molecule has 0 bridgehead atoms. The number of nitrogens with one attached hydrogen (secondary N) is 1. The molecule has 0 aliphatic carbocycles. The summed E-state index contributed by atoms with van der Waals surface area (Å²) in [5.41, 5.74) is 2.05. The van der Waals surface area contributed by atoms with Gasteiger partial charge in [-0.05, 0) is 49.5 Å². The number of nitrogens with zero attached hydrogens (tertiary/aromatic N) is 4. The predicted molar refractivity (Wildman–Crippen MR) is 90.1 cm³/mol. The molecule has 1 amide bonds. The average Bonchev–Trinajstić information content (AvgIpc) is 2.98. The summed E-state index contributed by atoms with van der Waals surface area (Å²) in [6, 6.07) is 1.89. The van der Waals surface area contributed by atoms with E-state index in [1.54, 1.807) is 20.8 Å². The van der Waals surface area contributed by atoms with Gasteiger partial charge in [-0.2, -0.15) is 10.2 Å². The fourth-order valence-electron chi connectivity index (χ4n) is 2.19. The first kappa shape index (κ1) is 18.4. The van der Waals surface area contributed by atoms with Gasteiger partial charge in [0.25, 0.3) is 0 Å². The lowest BCUT2D eigenvalue weighted by molar-refractivity contribution is 0.0506. The number of carbonyl (C=O) groups is 1. The summed E-state index contributed by atoms with van der Waals surface area (Å²) in [7, 11) is 0. The highest BCUT2D eigenvalue weighted by molar-refractivity contribution is 9.10. The molecule has 1 aliphatic rings. The number of ether oxygens (including phenoxy) is 2. The number of hydrogen-bond donors (Lipinski definition) is 1. The van der Waals surface area contributed by atoms with Crippen LogP contribution in [0.25, 0.3) is 0 Å². The van der Waals surface area contributed by atoms with Crippen molar-refractivity contribution in [3.63, 3.8) is 0 Å². The van der Waals surface area contributed by atoms with E-state index in [9.17, 15) is 4.79 Å². The molecule has 1 aliphatic heterocycles. The van der Waals surface area contributed by atoms with Crippen LogP contribution in [-0.2, 0) is 9.47 Å². The highest BCUT2D eigenvalue weighted by Crippen LogP contribution is 2.24. The van der Waals surface area contributed by atoms with Crippen molar-refractivity contribution in [3.8, 4) is 6.07 Å². The molecular formula is C15H20BrN5O3. The second kappa shape index (κ2) is 7.77. The molecule has 2 heterocycles. The molecule has 0 aromatic carbocycles. The first-order valence-corrected chi connectivity index (χ1v) is 8.39. The van der Waals surface area contributed by atoms with Gasteiger partial charge in [0.15, 0.2) is 5.82 Å². The summed E-state index contributed by atoms with van der Waals surface area (Å²) in [5.74, 6) is 0.388. The summed E-state index contributed by atoms with van der Waals surface area (Å²) in [4.78, 5) is 20.2. The molecule has 1 N–H and O–H groups in total. The van der Waals surface area contributed by atoms with E-state index >= 15 is 0 Å². The molecule has 0 spiro atoms. The minimum atomic E-state index is -0.625. The Kier molecular flexibility index (Phi) is 5.96. The van der Waals surface area contributed by atoms with Gasteiger partial charge in [-0.1, -0.05) is 0 Å². The van der Waals surface area contributed by atoms with Gasteiger partial charge in [0.1, 0.15) is 11.7 Å². The molecule has 1 aromatic heterocycles. The largest absolute Gasteiger partial charge is 0.443 e. The van der Waals surface area contributed by atoms with Crippen molar-refractivity contribution in [1.82, 2.24) is 15.4 Å². The van der Waals surface area contributed by atoms with Crippen LogP contribution in [0.5, 0.6) is 0 Å². The highest BCUT2D eigenvalue weighted by atomic mass is 79.9. The molecule has 0 saturated carbocycles. The normalized spacial score (nSPS) is 17.2. The Morgan fingerprint density at radius 2 is 2.38 bits per heavy atom. The number of hydrogen-bond acceptors (Lipinski definition) is 7. The number of halogens is 1. The van der Waals surface area contributed by atoms with Crippen molar-refractivity contribution in [3.05, 3.63) is 16.5 Å². The highest BCUT2D eigenvalue weighted by Gasteiger charge is 2.25. The molecule has 1 fully saturated rings. The molecule has 0 radical (unpaired) electrons. The molecule has 1 saturated heterocycles. The predicted octanol–water partition coefficient (Wildman–Crippen LogP) is 2.54. The van der Waals surface area contributed by atoms with Gasteiger partial charge in [0, 0.05) is 12.8 Å². The summed E-state index contributed by atoms with van der Waals surface area (Å²) in [6.07, 6.45) is 2.69. The van der Waals surface area contributed by atoms with E-state index in [1.165, 1.54) is 11.2 Å². The summed E-state index contributed by atoms with van der Waals surface area (Å²) in [5, 5.41) is 10.5. The van der Waals surface area contributed by atoms with Gasteiger partial charge >= 0.3 is 6.09 Å². The Hall–Kier alpha value is -1.92. The standard InChI is InChI=1S/C15H20BrN5O3/c1-15(2,3)24-14(22)20-21(9-10-5-4-6-23-10)13-11(16)8-18-12(7-17)19-13/h8,10H,4-6,9H2,1-3H3,(H,20,22). The van der Waals surface area contributed by atoms with Crippen LogP contribution in [-0.4, -0.2) is 40.9 Å². The Bertz CT molecular complexity index is 635. The maximum absolute atomic E-state index is 12.1. The molecule has 1 atom stereocenters. The number of anilines is 1. The zero-order valence-electron chi connectivity index (χ0n) is 13.9. The van der Waals surface area contributed by atoms with Crippen LogP contribution < -0.4 is 10.4 Å². The second-order valence-electron chi connectivity index (χ2n) is 6.34. The van der Waals surface area contributed by atoms with E-state index in [-0.39, 0.29) is 11.9 Å². The van der Waals surface area contributed by atoms with Crippen molar-refractivity contribution in [1.29, 1.82) is 5.26 Å². The third kappa shape index (κ3) is 5.32. The Morgan fingerprint density at radius 3 is 2.96 bits per heavy atom. The van der Waals surface area contributed by atoms with E-state index in [2.05, 4.69) is 31.3 Å². The molecule has 1 unspecified atom stereocenters. The number of amides is 1. The fraction of sp³-hybridized carbons (Fsp3) is 0.600. The maximum atomic E-state index is 12.1. The van der Waals surface area contributed by atoms with Gasteiger partial charge in [-0.15, -0.1) is 0 Å². The third-order valence-corrected chi connectivity index (χ3v) is 3.68. The molecule has 8 nitrogen and oxygen atoms in total. The third-order valence-electron chi connectivity index (χ3n) is 3.12. The quantitative estimate of drug-likeness (QED) is 0.778.